The number of urea groups is 1. The molecule has 0 aromatic carbocycles. The van der Waals surface area contributed by atoms with E-state index in [-0.39, 0.29) is 24.0 Å². The zero-order chi connectivity index (χ0) is 13.4. The topological polar surface area (TPSA) is 58.6 Å². The highest BCUT2D eigenvalue weighted by molar-refractivity contribution is 5.76. The lowest BCUT2D eigenvalue weighted by atomic mass is 10.2. The molecule has 0 aliphatic rings. The number of esters is 1. The van der Waals surface area contributed by atoms with Crippen molar-refractivity contribution in [3.05, 3.63) is 0 Å². The molecule has 0 aliphatic heterocycles. The highest BCUT2D eigenvalue weighted by Gasteiger charge is 2.18. The Hall–Kier alpha value is -1.26. The normalized spacial score (nSPS) is 12.1. The van der Waals surface area contributed by atoms with Crippen molar-refractivity contribution in [3.8, 4) is 0 Å². The van der Waals surface area contributed by atoms with Gasteiger partial charge < -0.3 is 15.0 Å². The smallest absolute Gasteiger partial charge is 0.317 e. The van der Waals surface area contributed by atoms with Gasteiger partial charge in [-0.05, 0) is 27.7 Å². The summed E-state index contributed by atoms with van der Waals surface area (Å²) in [6.45, 7) is 10.7. The molecule has 17 heavy (non-hydrogen) atoms. The quantitative estimate of drug-likeness (QED) is 0.722. The van der Waals surface area contributed by atoms with Crippen molar-refractivity contribution in [1.29, 1.82) is 0 Å². The molecule has 0 radical (unpaired) electrons. The first kappa shape index (κ1) is 15.7. The van der Waals surface area contributed by atoms with Gasteiger partial charge in [0.25, 0.3) is 0 Å². The number of hydrogen-bond acceptors (Lipinski definition) is 3. The third-order valence-electron chi connectivity index (χ3n) is 2.47. The molecule has 0 spiro atoms. The monoisotopic (exact) mass is 244 g/mol. The van der Waals surface area contributed by atoms with Gasteiger partial charge in [0.05, 0.1) is 12.5 Å². The van der Waals surface area contributed by atoms with E-state index in [1.807, 2.05) is 20.8 Å². The number of hydrogen-bond donors (Lipinski definition) is 1. The SMILES string of the molecule is CCOC(=O)C(C)CNC(=O)N(CC)C(C)C. The lowest BCUT2D eigenvalue weighted by Crippen LogP contribution is -2.45. The summed E-state index contributed by atoms with van der Waals surface area (Å²) in [5.41, 5.74) is 0. The Morgan fingerprint density at radius 3 is 2.24 bits per heavy atom. The summed E-state index contributed by atoms with van der Waals surface area (Å²) >= 11 is 0. The van der Waals surface area contributed by atoms with Crippen LogP contribution in [0.5, 0.6) is 0 Å². The van der Waals surface area contributed by atoms with Crippen LogP contribution >= 0.6 is 0 Å². The summed E-state index contributed by atoms with van der Waals surface area (Å²) in [5, 5.41) is 2.74. The first-order chi connectivity index (χ1) is 7.93. The van der Waals surface area contributed by atoms with Crippen molar-refractivity contribution in [2.24, 2.45) is 5.92 Å². The molecule has 5 nitrogen and oxygen atoms in total. The predicted octanol–water partition coefficient (Wildman–Crippen LogP) is 1.63. The van der Waals surface area contributed by atoms with Crippen LogP contribution in [0.3, 0.4) is 0 Å². The molecule has 1 atom stereocenters. The Balaban J connectivity index is 4.10. The molecule has 2 amide bonds. The van der Waals surface area contributed by atoms with Gasteiger partial charge in [-0.15, -0.1) is 0 Å². The number of nitrogens with zero attached hydrogens (tertiary/aromatic N) is 1. The molecule has 0 bridgehead atoms. The fourth-order valence-electron chi connectivity index (χ4n) is 1.45. The summed E-state index contributed by atoms with van der Waals surface area (Å²) in [4.78, 5) is 24.8. The van der Waals surface area contributed by atoms with Gasteiger partial charge in [0.1, 0.15) is 0 Å². The minimum atomic E-state index is -0.315. The van der Waals surface area contributed by atoms with Crippen molar-refractivity contribution in [3.63, 3.8) is 0 Å². The number of carbonyl (C=O) groups excluding carboxylic acids is 2. The molecule has 0 aromatic heterocycles. The summed E-state index contributed by atoms with van der Waals surface area (Å²) in [5.74, 6) is -0.592. The largest absolute Gasteiger partial charge is 0.466 e. The van der Waals surface area contributed by atoms with Crippen LogP contribution in [0, 0.1) is 5.92 Å². The van der Waals surface area contributed by atoms with Crippen molar-refractivity contribution in [1.82, 2.24) is 10.2 Å². The molecule has 1 N–H and O–H groups in total. The lowest BCUT2D eigenvalue weighted by molar-refractivity contribution is -0.147. The second-order valence-electron chi connectivity index (χ2n) is 4.22. The first-order valence-electron chi connectivity index (χ1n) is 6.15. The Morgan fingerprint density at radius 1 is 1.24 bits per heavy atom. The van der Waals surface area contributed by atoms with Gasteiger partial charge in [-0.2, -0.15) is 0 Å². The van der Waals surface area contributed by atoms with Crippen LogP contribution < -0.4 is 5.32 Å². The average Bonchev–Trinajstić information content (AvgIpc) is 2.26. The van der Waals surface area contributed by atoms with Gasteiger partial charge in [0.2, 0.25) is 0 Å². The predicted molar refractivity (Wildman–Crippen MR) is 66.7 cm³/mol. The van der Waals surface area contributed by atoms with E-state index in [0.717, 1.165) is 0 Å². The minimum Gasteiger partial charge on any atom is -0.466 e. The summed E-state index contributed by atoms with van der Waals surface area (Å²) < 4.78 is 4.87. The minimum absolute atomic E-state index is 0.140. The standard InChI is InChI=1S/C12H24N2O3/c1-6-14(9(3)4)12(16)13-8-10(5)11(15)17-7-2/h9-10H,6-8H2,1-5H3,(H,13,16). The second kappa shape index (κ2) is 7.92. The van der Waals surface area contributed by atoms with Crippen molar-refractivity contribution in [2.75, 3.05) is 19.7 Å². The summed E-state index contributed by atoms with van der Waals surface area (Å²) in [7, 11) is 0. The van der Waals surface area contributed by atoms with E-state index >= 15 is 0 Å². The van der Waals surface area contributed by atoms with E-state index in [2.05, 4.69) is 5.32 Å². The Labute approximate surface area is 103 Å². The molecular weight excluding hydrogens is 220 g/mol. The molecule has 1 unspecified atom stereocenters. The number of amides is 2. The number of carbonyl (C=O) groups is 2. The zero-order valence-corrected chi connectivity index (χ0v) is 11.4. The molecule has 0 fully saturated rings. The molecule has 0 heterocycles. The zero-order valence-electron chi connectivity index (χ0n) is 11.4. The van der Waals surface area contributed by atoms with Crippen LogP contribution in [0.2, 0.25) is 0 Å². The fourth-order valence-corrected chi connectivity index (χ4v) is 1.45. The third kappa shape index (κ3) is 5.56. The van der Waals surface area contributed by atoms with Gasteiger partial charge in [-0.1, -0.05) is 6.92 Å². The van der Waals surface area contributed by atoms with E-state index in [0.29, 0.717) is 19.7 Å². The summed E-state index contributed by atoms with van der Waals surface area (Å²) in [6, 6.07) is 0.0107. The van der Waals surface area contributed by atoms with Crippen molar-refractivity contribution >= 4 is 12.0 Å². The Morgan fingerprint density at radius 2 is 1.82 bits per heavy atom. The van der Waals surface area contributed by atoms with Gasteiger partial charge >= 0.3 is 12.0 Å². The third-order valence-corrected chi connectivity index (χ3v) is 2.47. The van der Waals surface area contributed by atoms with Crippen LogP contribution in [0.4, 0.5) is 4.79 Å². The van der Waals surface area contributed by atoms with E-state index < -0.39 is 0 Å². The average molecular weight is 244 g/mol. The fraction of sp³-hybridized carbons (Fsp3) is 0.833. The van der Waals surface area contributed by atoms with E-state index in [1.165, 1.54) is 0 Å². The van der Waals surface area contributed by atoms with E-state index in [4.69, 9.17) is 4.74 Å². The van der Waals surface area contributed by atoms with Crippen LogP contribution in [-0.4, -0.2) is 42.6 Å². The molecule has 0 aromatic rings. The molecular formula is C12H24N2O3. The van der Waals surface area contributed by atoms with Gasteiger partial charge in [-0.3, -0.25) is 4.79 Å². The maximum Gasteiger partial charge on any atom is 0.317 e. The number of ether oxygens (including phenoxy) is 1. The van der Waals surface area contributed by atoms with Crippen LogP contribution in [0.15, 0.2) is 0 Å². The lowest BCUT2D eigenvalue weighted by Gasteiger charge is -2.25. The number of nitrogens with one attached hydrogen (secondary N) is 1. The Kier molecular flexibility index (Phi) is 7.34. The Bertz CT molecular complexity index is 254. The van der Waals surface area contributed by atoms with E-state index in [9.17, 15) is 9.59 Å². The van der Waals surface area contributed by atoms with Gasteiger partial charge in [-0.25, -0.2) is 4.79 Å². The highest BCUT2D eigenvalue weighted by Crippen LogP contribution is 2.00. The number of rotatable bonds is 6. The molecule has 0 saturated heterocycles. The maximum atomic E-state index is 11.8. The molecule has 100 valence electrons. The maximum absolute atomic E-state index is 11.8. The van der Waals surface area contributed by atoms with Crippen molar-refractivity contribution < 1.29 is 14.3 Å². The van der Waals surface area contributed by atoms with Crippen LogP contribution in [0.25, 0.3) is 0 Å². The molecule has 0 aliphatic carbocycles. The van der Waals surface area contributed by atoms with E-state index in [1.54, 1.807) is 18.7 Å². The molecule has 0 saturated carbocycles. The van der Waals surface area contributed by atoms with Crippen LogP contribution in [0.1, 0.15) is 34.6 Å². The molecule has 0 rings (SSSR count). The molecule has 5 heteroatoms. The second-order valence-corrected chi connectivity index (χ2v) is 4.22. The van der Waals surface area contributed by atoms with Gasteiger partial charge in [0.15, 0.2) is 0 Å². The van der Waals surface area contributed by atoms with Crippen LogP contribution in [-0.2, 0) is 9.53 Å². The first-order valence-corrected chi connectivity index (χ1v) is 6.15. The summed E-state index contributed by atoms with van der Waals surface area (Å²) in [6.07, 6.45) is 0. The highest BCUT2D eigenvalue weighted by atomic mass is 16.5. The van der Waals surface area contributed by atoms with Crippen molar-refractivity contribution in [2.45, 2.75) is 40.7 Å². The van der Waals surface area contributed by atoms with Gasteiger partial charge in [0, 0.05) is 19.1 Å².